The van der Waals surface area contributed by atoms with E-state index in [1.165, 1.54) is 11.1 Å². The molecule has 0 saturated heterocycles. The fourth-order valence-corrected chi connectivity index (χ4v) is 1.31. The van der Waals surface area contributed by atoms with Crippen LogP contribution in [0.15, 0.2) is 31.0 Å². The molecule has 1 aromatic heterocycles. The molecule has 1 rings (SSSR count). The molecule has 0 saturated carbocycles. The van der Waals surface area contributed by atoms with Gasteiger partial charge in [0.2, 0.25) is 0 Å². The molecule has 0 spiro atoms. The Hall–Kier alpha value is -1.37. The molecule has 1 heterocycles. The molecule has 0 amide bonds. The van der Waals surface area contributed by atoms with Crippen LogP contribution in [0.3, 0.4) is 0 Å². The smallest absolute Gasteiger partial charge is 0.0451 e. The van der Waals surface area contributed by atoms with Crippen LogP contribution in [-0.2, 0) is 0 Å². The number of hydrogen-bond acceptors (Lipinski definition) is 1. The highest BCUT2D eigenvalue weighted by Gasteiger charge is 2.01. The highest BCUT2D eigenvalue weighted by molar-refractivity contribution is 5.74. The van der Waals surface area contributed by atoms with Gasteiger partial charge in [-0.2, -0.15) is 0 Å². The molecule has 1 aromatic rings. The first-order valence-corrected chi connectivity index (χ1v) is 4.41. The van der Waals surface area contributed by atoms with Gasteiger partial charge in [-0.25, -0.2) is 0 Å². The van der Waals surface area contributed by atoms with Crippen LogP contribution in [0.1, 0.15) is 23.7 Å². The third kappa shape index (κ3) is 2.05. The fraction of sp³-hybridized carbons (Fsp3) is 0.250. The number of aromatic nitrogens is 1. The van der Waals surface area contributed by atoms with Crippen molar-refractivity contribution in [1.82, 2.24) is 4.98 Å². The number of aryl methyl sites for hydroxylation is 2. The lowest BCUT2D eigenvalue weighted by atomic mass is 10.0. The Balaban J connectivity index is 3.27. The van der Waals surface area contributed by atoms with E-state index in [1.54, 1.807) is 0 Å². The van der Waals surface area contributed by atoms with Gasteiger partial charge >= 0.3 is 0 Å². The molecule has 1 nitrogen and oxygen atoms in total. The molecule has 0 aromatic carbocycles. The van der Waals surface area contributed by atoms with Crippen LogP contribution < -0.4 is 0 Å². The molecule has 0 bridgehead atoms. The third-order valence-corrected chi connectivity index (χ3v) is 2.07. The molecule has 0 unspecified atom stereocenters. The average Bonchev–Trinajstić information content (AvgIpc) is 2.13. The van der Waals surface area contributed by atoms with E-state index in [0.717, 1.165) is 11.3 Å². The topological polar surface area (TPSA) is 12.9 Å². The Labute approximate surface area is 79.8 Å². The van der Waals surface area contributed by atoms with Crippen LogP contribution in [0.25, 0.3) is 5.57 Å². The lowest BCUT2D eigenvalue weighted by Gasteiger charge is -2.06. The van der Waals surface area contributed by atoms with Gasteiger partial charge in [0.1, 0.15) is 0 Å². The zero-order valence-corrected chi connectivity index (χ0v) is 8.46. The van der Waals surface area contributed by atoms with E-state index in [1.807, 2.05) is 33.0 Å². The quantitative estimate of drug-likeness (QED) is 0.625. The largest absolute Gasteiger partial charge is 0.261 e. The van der Waals surface area contributed by atoms with Gasteiger partial charge in [-0.05, 0) is 38.0 Å². The van der Waals surface area contributed by atoms with Crippen molar-refractivity contribution in [3.8, 4) is 0 Å². The van der Waals surface area contributed by atoms with Crippen molar-refractivity contribution in [2.75, 3.05) is 0 Å². The van der Waals surface area contributed by atoms with Gasteiger partial charge in [0.25, 0.3) is 0 Å². The summed E-state index contributed by atoms with van der Waals surface area (Å²) in [5.41, 5.74) is 4.56. The van der Waals surface area contributed by atoms with Crippen molar-refractivity contribution in [3.63, 3.8) is 0 Å². The van der Waals surface area contributed by atoms with E-state index < -0.39 is 0 Å². The maximum atomic E-state index is 4.31. The second-order valence-corrected chi connectivity index (χ2v) is 3.09. The summed E-state index contributed by atoms with van der Waals surface area (Å²) in [5, 5.41) is 0. The molecule has 0 atom stereocenters. The van der Waals surface area contributed by atoms with E-state index >= 15 is 0 Å². The van der Waals surface area contributed by atoms with Gasteiger partial charge in [0, 0.05) is 17.5 Å². The van der Waals surface area contributed by atoms with Crippen LogP contribution in [-0.4, -0.2) is 4.98 Å². The lowest BCUT2D eigenvalue weighted by molar-refractivity contribution is 1.15. The Morgan fingerprint density at radius 2 is 2.15 bits per heavy atom. The predicted molar refractivity (Wildman–Crippen MR) is 57.6 cm³/mol. The van der Waals surface area contributed by atoms with Gasteiger partial charge < -0.3 is 0 Å². The average molecular weight is 173 g/mol. The summed E-state index contributed by atoms with van der Waals surface area (Å²) < 4.78 is 0. The summed E-state index contributed by atoms with van der Waals surface area (Å²) in [6.07, 6.45) is 5.80. The van der Waals surface area contributed by atoms with Crippen molar-refractivity contribution in [2.45, 2.75) is 20.8 Å². The third-order valence-electron chi connectivity index (χ3n) is 2.07. The normalized spacial score (nSPS) is 11.5. The molecule has 0 N–H and O–H groups in total. The summed E-state index contributed by atoms with van der Waals surface area (Å²) in [7, 11) is 0. The number of rotatable bonds is 2. The zero-order valence-electron chi connectivity index (χ0n) is 8.46. The first-order chi connectivity index (χ1) is 6.19. The molecular weight excluding hydrogens is 158 g/mol. The van der Waals surface area contributed by atoms with Gasteiger partial charge in [-0.3, -0.25) is 4.98 Å². The molecule has 0 aliphatic rings. The number of pyridine rings is 1. The van der Waals surface area contributed by atoms with Crippen molar-refractivity contribution >= 4 is 5.57 Å². The van der Waals surface area contributed by atoms with E-state index in [4.69, 9.17) is 0 Å². The van der Waals surface area contributed by atoms with Gasteiger partial charge in [0.15, 0.2) is 0 Å². The molecule has 0 aliphatic carbocycles. The van der Waals surface area contributed by atoms with Crippen LogP contribution in [0.2, 0.25) is 0 Å². The highest BCUT2D eigenvalue weighted by Crippen LogP contribution is 2.18. The summed E-state index contributed by atoms with van der Waals surface area (Å²) >= 11 is 0. The van der Waals surface area contributed by atoms with E-state index in [-0.39, 0.29) is 0 Å². The molecule has 0 fully saturated rings. The van der Waals surface area contributed by atoms with Crippen LogP contribution in [0.4, 0.5) is 0 Å². The number of hydrogen-bond donors (Lipinski definition) is 0. The minimum Gasteiger partial charge on any atom is -0.261 e. The van der Waals surface area contributed by atoms with Gasteiger partial charge in [0.05, 0.1) is 0 Å². The minimum absolute atomic E-state index is 1.05. The van der Waals surface area contributed by atoms with E-state index in [0.29, 0.717) is 0 Å². The Kier molecular flexibility index (Phi) is 3.02. The molecule has 68 valence electrons. The van der Waals surface area contributed by atoms with Crippen molar-refractivity contribution in [3.05, 3.63) is 47.8 Å². The van der Waals surface area contributed by atoms with Crippen LogP contribution in [0.5, 0.6) is 0 Å². The van der Waals surface area contributed by atoms with E-state index in [9.17, 15) is 0 Å². The maximum Gasteiger partial charge on any atom is 0.0451 e. The molecule has 0 aliphatic heterocycles. The monoisotopic (exact) mass is 173 g/mol. The predicted octanol–water partition coefficient (Wildman–Crippen LogP) is 3.29. The molecule has 1 heteroatoms. The van der Waals surface area contributed by atoms with Gasteiger partial charge in [-0.1, -0.05) is 18.7 Å². The van der Waals surface area contributed by atoms with Crippen LogP contribution in [0, 0.1) is 13.8 Å². The fourth-order valence-electron chi connectivity index (χ4n) is 1.31. The standard InChI is InChI=1S/C12H15N/c1-5-11(6-2)12-7-9(3)8-13-10(12)4/h5-8H,1H2,2-4H3/b11-6-. The summed E-state index contributed by atoms with van der Waals surface area (Å²) in [5.74, 6) is 0. The summed E-state index contributed by atoms with van der Waals surface area (Å²) in [6.45, 7) is 9.86. The Morgan fingerprint density at radius 3 is 2.69 bits per heavy atom. The lowest BCUT2D eigenvalue weighted by Crippen LogP contribution is -1.91. The zero-order chi connectivity index (χ0) is 9.84. The van der Waals surface area contributed by atoms with Crippen molar-refractivity contribution in [1.29, 1.82) is 0 Å². The highest BCUT2D eigenvalue weighted by atomic mass is 14.7. The van der Waals surface area contributed by atoms with Crippen LogP contribution >= 0.6 is 0 Å². The summed E-state index contributed by atoms with van der Waals surface area (Å²) in [4.78, 5) is 4.31. The van der Waals surface area contributed by atoms with E-state index in [2.05, 4.69) is 23.7 Å². The minimum atomic E-state index is 1.05. The number of allylic oxidation sites excluding steroid dienone is 3. The first kappa shape index (κ1) is 9.72. The second kappa shape index (κ2) is 4.04. The second-order valence-electron chi connectivity index (χ2n) is 3.09. The molecule has 0 radical (unpaired) electrons. The molecule has 13 heavy (non-hydrogen) atoms. The number of nitrogens with zero attached hydrogens (tertiary/aromatic N) is 1. The SMILES string of the molecule is C=C/C(=C/C)c1cc(C)cnc1C. The Morgan fingerprint density at radius 1 is 1.46 bits per heavy atom. The summed E-state index contributed by atoms with van der Waals surface area (Å²) in [6, 6.07) is 2.14. The maximum absolute atomic E-state index is 4.31. The van der Waals surface area contributed by atoms with Crippen molar-refractivity contribution in [2.24, 2.45) is 0 Å². The Bertz CT molecular complexity index is 348. The first-order valence-electron chi connectivity index (χ1n) is 4.41. The van der Waals surface area contributed by atoms with Gasteiger partial charge in [-0.15, -0.1) is 0 Å². The molecular formula is C12H15N. The van der Waals surface area contributed by atoms with Crippen molar-refractivity contribution < 1.29 is 0 Å².